The number of nitrogens with one attached hydrogen (secondary N) is 1. The first-order valence-electron chi connectivity index (χ1n) is 14.7. The minimum Gasteiger partial charge on any atom is -0.352 e. The van der Waals surface area contributed by atoms with Crippen molar-refractivity contribution in [3.05, 3.63) is 95.1 Å². The highest BCUT2D eigenvalue weighted by Crippen LogP contribution is 2.27. The fraction of sp³-hybridized carbons (Fsp3) is 0.412. The SMILES string of the molecule is CC[C@@H](C)NC(=O)[C@@H](CC)N(Cc1cccc(C)c1)C(=O)CN(c1ccc(C(C)C)cc1)S(=O)(=O)c1ccc(C)cc1. The van der Waals surface area contributed by atoms with Gasteiger partial charge in [0.25, 0.3) is 10.0 Å². The molecule has 3 rings (SSSR count). The van der Waals surface area contributed by atoms with Crippen LogP contribution in [0.1, 0.15) is 75.6 Å². The molecular weight excluding hydrogens is 546 g/mol. The van der Waals surface area contributed by atoms with E-state index in [4.69, 9.17) is 0 Å². The van der Waals surface area contributed by atoms with Crippen LogP contribution in [0.2, 0.25) is 0 Å². The number of carbonyl (C=O) groups is 2. The lowest BCUT2D eigenvalue weighted by Crippen LogP contribution is -2.53. The standard InChI is InChI=1S/C34H45N3O4S/c1-8-27(7)35-34(39)32(9-2)36(22-28-12-10-11-26(6)21-28)33(38)23-37(30-17-15-29(16-18-30)24(3)4)42(40,41)31-19-13-25(5)14-20-31/h10-21,24,27,32H,8-9,22-23H2,1-7H3,(H,35,39)/t27-,32-/m1/s1. The van der Waals surface area contributed by atoms with E-state index in [1.807, 2.05) is 71.0 Å². The summed E-state index contributed by atoms with van der Waals surface area (Å²) in [6, 6.07) is 20.8. The van der Waals surface area contributed by atoms with Gasteiger partial charge in [-0.1, -0.05) is 87.4 Å². The second-order valence-electron chi connectivity index (χ2n) is 11.3. The van der Waals surface area contributed by atoms with Crippen LogP contribution in [0, 0.1) is 13.8 Å². The number of aryl methyl sites for hydroxylation is 2. The lowest BCUT2D eigenvalue weighted by Gasteiger charge is -2.34. The van der Waals surface area contributed by atoms with Gasteiger partial charge in [0.2, 0.25) is 11.8 Å². The number of benzene rings is 3. The maximum absolute atomic E-state index is 14.2. The van der Waals surface area contributed by atoms with Crippen LogP contribution in [-0.2, 0) is 26.2 Å². The van der Waals surface area contributed by atoms with Crippen molar-refractivity contribution in [3.63, 3.8) is 0 Å². The molecule has 1 N–H and O–H groups in total. The fourth-order valence-electron chi connectivity index (χ4n) is 4.76. The van der Waals surface area contributed by atoms with E-state index >= 15 is 0 Å². The van der Waals surface area contributed by atoms with Crippen LogP contribution < -0.4 is 9.62 Å². The Hall–Kier alpha value is -3.65. The topological polar surface area (TPSA) is 86.8 Å². The van der Waals surface area contributed by atoms with E-state index in [1.165, 1.54) is 4.90 Å². The lowest BCUT2D eigenvalue weighted by atomic mass is 10.0. The van der Waals surface area contributed by atoms with Gasteiger partial charge in [-0.2, -0.15) is 0 Å². The van der Waals surface area contributed by atoms with Gasteiger partial charge in [-0.3, -0.25) is 13.9 Å². The molecule has 0 aliphatic rings. The minimum absolute atomic E-state index is 0.0552. The van der Waals surface area contributed by atoms with Gasteiger partial charge < -0.3 is 10.2 Å². The molecular formula is C34H45N3O4S. The summed E-state index contributed by atoms with van der Waals surface area (Å²) in [4.78, 5) is 29.3. The summed E-state index contributed by atoms with van der Waals surface area (Å²) in [5, 5.41) is 3.01. The predicted molar refractivity (Wildman–Crippen MR) is 170 cm³/mol. The molecule has 0 aromatic heterocycles. The van der Waals surface area contributed by atoms with Crippen molar-refractivity contribution in [1.82, 2.24) is 10.2 Å². The number of rotatable bonds is 13. The molecule has 0 spiro atoms. The molecule has 0 unspecified atom stereocenters. The van der Waals surface area contributed by atoms with Crippen molar-refractivity contribution in [2.45, 2.75) is 90.7 Å². The number of anilines is 1. The number of nitrogens with zero attached hydrogens (tertiary/aromatic N) is 2. The van der Waals surface area contributed by atoms with Crippen molar-refractivity contribution >= 4 is 27.5 Å². The predicted octanol–water partition coefficient (Wildman–Crippen LogP) is 6.34. The first-order chi connectivity index (χ1) is 19.9. The third-order valence-corrected chi connectivity index (χ3v) is 9.35. The highest BCUT2D eigenvalue weighted by atomic mass is 32.2. The molecule has 0 saturated heterocycles. The molecule has 3 aromatic rings. The lowest BCUT2D eigenvalue weighted by molar-refractivity contribution is -0.140. The summed E-state index contributed by atoms with van der Waals surface area (Å²) in [6.45, 7) is 13.5. The highest BCUT2D eigenvalue weighted by Gasteiger charge is 2.34. The Bertz CT molecular complexity index is 1450. The zero-order chi connectivity index (χ0) is 31.0. The summed E-state index contributed by atoms with van der Waals surface area (Å²) in [6.07, 6.45) is 1.14. The molecule has 8 heteroatoms. The first-order valence-corrected chi connectivity index (χ1v) is 16.2. The molecule has 0 heterocycles. The summed E-state index contributed by atoms with van der Waals surface area (Å²) >= 11 is 0. The Labute approximate surface area is 252 Å². The van der Waals surface area contributed by atoms with Gasteiger partial charge in [0.1, 0.15) is 12.6 Å². The fourth-order valence-corrected chi connectivity index (χ4v) is 6.17. The van der Waals surface area contributed by atoms with Gasteiger partial charge in [-0.05, 0) is 74.9 Å². The van der Waals surface area contributed by atoms with Gasteiger partial charge in [0.05, 0.1) is 10.6 Å². The monoisotopic (exact) mass is 591 g/mol. The average molecular weight is 592 g/mol. The number of hydrogen-bond acceptors (Lipinski definition) is 4. The van der Waals surface area contributed by atoms with Gasteiger partial charge >= 0.3 is 0 Å². The van der Waals surface area contributed by atoms with E-state index in [0.717, 1.165) is 33.0 Å². The van der Waals surface area contributed by atoms with Crippen molar-refractivity contribution in [2.24, 2.45) is 0 Å². The molecule has 226 valence electrons. The van der Waals surface area contributed by atoms with Gasteiger partial charge in [-0.25, -0.2) is 8.42 Å². The van der Waals surface area contributed by atoms with Crippen LogP contribution in [-0.4, -0.2) is 43.8 Å². The molecule has 0 aliphatic heterocycles. The molecule has 0 radical (unpaired) electrons. The number of carbonyl (C=O) groups excluding carboxylic acids is 2. The van der Waals surface area contributed by atoms with Crippen LogP contribution in [0.4, 0.5) is 5.69 Å². The van der Waals surface area contributed by atoms with Crippen molar-refractivity contribution in [3.8, 4) is 0 Å². The maximum Gasteiger partial charge on any atom is 0.264 e. The van der Waals surface area contributed by atoms with Gasteiger partial charge in [-0.15, -0.1) is 0 Å². The zero-order valence-corrected chi connectivity index (χ0v) is 26.7. The summed E-state index contributed by atoms with van der Waals surface area (Å²) in [5.74, 6) is -0.435. The number of sulfonamides is 1. The molecule has 7 nitrogen and oxygen atoms in total. The Balaban J connectivity index is 2.08. The molecule has 0 saturated carbocycles. The summed E-state index contributed by atoms with van der Waals surface area (Å²) in [7, 11) is -4.10. The normalized spacial score (nSPS) is 13.0. The summed E-state index contributed by atoms with van der Waals surface area (Å²) < 4.78 is 29.3. The Morgan fingerprint density at radius 3 is 2.02 bits per heavy atom. The Kier molecular flexibility index (Phi) is 11.3. The van der Waals surface area contributed by atoms with Crippen molar-refractivity contribution in [2.75, 3.05) is 10.8 Å². The van der Waals surface area contributed by atoms with E-state index in [-0.39, 0.29) is 29.3 Å². The number of hydrogen-bond donors (Lipinski definition) is 1. The molecule has 0 aliphatic carbocycles. The molecule has 42 heavy (non-hydrogen) atoms. The number of amides is 2. The van der Waals surface area contributed by atoms with Crippen molar-refractivity contribution < 1.29 is 18.0 Å². The van der Waals surface area contributed by atoms with Crippen LogP contribution in [0.25, 0.3) is 0 Å². The molecule has 0 bridgehead atoms. The van der Waals surface area contributed by atoms with Crippen LogP contribution in [0.5, 0.6) is 0 Å². The van der Waals surface area contributed by atoms with E-state index < -0.39 is 28.5 Å². The first kappa shape index (κ1) is 32.9. The largest absolute Gasteiger partial charge is 0.352 e. The maximum atomic E-state index is 14.2. The zero-order valence-electron chi connectivity index (χ0n) is 25.9. The second-order valence-corrected chi connectivity index (χ2v) is 13.2. The van der Waals surface area contributed by atoms with Crippen molar-refractivity contribution in [1.29, 1.82) is 0 Å². The van der Waals surface area contributed by atoms with Crippen LogP contribution in [0.3, 0.4) is 0 Å². The third-order valence-electron chi connectivity index (χ3n) is 7.56. The molecule has 2 atom stereocenters. The second kappa shape index (κ2) is 14.5. The van der Waals surface area contributed by atoms with E-state index in [0.29, 0.717) is 12.1 Å². The van der Waals surface area contributed by atoms with Crippen LogP contribution >= 0.6 is 0 Å². The Morgan fingerprint density at radius 2 is 1.48 bits per heavy atom. The van der Waals surface area contributed by atoms with E-state index in [2.05, 4.69) is 19.2 Å². The average Bonchev–Trinajstić information content (AvgIpc) is 2.95. The molecule has 0 fully saturated rings. The quantitative estimate of drug-likeness (QED) is 0.251. The van der Waals surface area contributed by atoms with E-state index in [9.17, 15) is 18.0 Å². The molecule has 2 amide bonds. The Morgan fingerprint density at radius 1 is 0.833 bits per heavy atom. The van der Waals surface area contributed by atoms with E-state index in [1.54, 1.807) is 36.4 Å². The molecule has 3 aromatic carbocycles. The highest BCUT2D eigenvalue weighted by molar-refractivity contribution is 7.92. The van der Waals surface area contributed by atoms with Crippen LogP contribution in [0.15, 0.2) is 77.7 Å². The van der Waals surface area contributed by atoms with Gasteiger partial charge in [0.15, 0.2) is 0 Å². The minimum atomic E-state index is -4.10. The third kappa shape index (κ3) is 8.22. The summed E-state index contributed by atoms with van der Waals surface area (Å²) in [5.41, 5.74) is 4.28. The smallest absolute Gasteiger partial charge is 0.264 e. The van der Waals surface area contributed by atoms with Gasteiger partial charge in [0, 0.05) is 12.6 Å².